The molecule has 1 aromatic carbocycles. The first-order valence-electron chi connectivity index (χ1n) is 7.19. The van der Waals surface area contributed by atoms with Crippen LogP contribution in [-0.4, -0.2) is 68.3 Å². The highest BCUT2D eigenvalue weighted by Crippen LogP contribution is 2.26. The van der Waals surface area contributed by atoms with Gasteiger partial charge in [-0.15, -0.1) is 0 Å². The highest BCUT2D eigenvalue weighted by Gasteiger charge is 2.20. The molecule has 0 saturated carbocycles. The van der Waals surface area contributed by atoms with Crippen molar-refractivity contribution in [1.29, 1.82) is 0 Å². The zero-order valence-corrected chi connectivity index (χ0v) is 12.6. The van der Waals surface area contributed by atoms with Crippen molar-refractivity contribution in [2.24, 2.45) is 0 Å². The van der Waals surface area contributed by atoms with E-state index in [9.17, 15) is 14.7 Å². The van der Waals surface area contributed by atoms with Crippen LogP contribution >= 0.6 is 0 Å². The van der Waals surface area contributed by atoms with Gasteiger partial charge in [0.05, 0.1) is 19.3 Å². The van der Waals surface area contributed by atoms with Crippen molar-refractivity contribution in [3.05, 3.63) is 24.3 Å². The number of anilines is 1. The summed E-state index contributed by atoms with van der Waals surface area (Å²) in [6.07, 6.45) is 0. The van der Waals surface area contributed by atoms with Gasteiger partial charge in [0.1, 0.15) is 12.3 Å². The van der Waals surface area contributed by atoms with Crippen LogP contribution in [0.3, 0.4) is 0 Å². The maximum Gasteiger partial charge on any atom is 0.325 e. The quantitative estimate of drug-likeness (QED) is 0.734. The predicted octanol–water partition coefficient (Wildman–Crippen LogP) is -0.197. The van der Waals surface area contributed by atoms with E-state index in [1.165, 1.54) is 7.11 Å². The number of hydrogen-bond donors (Lipinski definition) is 2. The molecule has 0 bridgehead atoms. The van der Waals surface area contributed by atoms with Gasteiger partial charge in [0.25, 0.3) is 0 Å². The van der Waals surface area contributed by atoms with E-state index in [0.717, 1.165) is 31.9 Å². The number of benzene rings is 1. The second-order valence-electron chi connectivity index (χ2n) is 5.10. The van der Waals surface area contributed by atoms with Crippen LogP contribution in [0.15, 0.2) is 24.3 Å². The molecular formula is C15H21N3O4. The van der Waals surface area contributed by atoms with Crippen LogP contribution in [0.4, 0.5) is 5.69 Å². The van der Waals surface area contributed by atoms with E-state index in [-0.39, 0.29) is 24.7 Å². The number of piperazine rings is 1. The summed E-state index contributed by atoms with van der Waals surface area (Å²) in [6, 6.07) is 7.23. The second-order valence-corrected chi connectivity index (χ2v) is 5.10. The maximum absolute atomic E-state index is 11.7. The number of para-hydroxylation sites is 2. The lowest BCUT2D eigenvalue weighted by Crippen LogP contribution is -2.50. The van der Waals surface area contributed by atoms with E-state index in [0.29, 0.717) is 0 Å². The number of methoxy groups -OCH3 is 1. The summed E-state index contributed by atoms with van der Waals surface area (Å²) >= 11 is 0. The second kappa shape index (κ2) is 7.65. The average molecular weight is 307 g/mol. The standard InChI is InChI=1S/C15H21N3O4/c1-22-15(21)10-16-14(20)11-17-6-8-18(9-7-17)12-4-2-3-5-13(12)19/h2-5,19H,6-11H2,1H3,(H,16,20). The third-order valence-corrected chi connectivity index (χ3v) is 3.62. The molecule has 120 valence electrons. The Morgan fingerprint density at radius 1 is 1.23 bits per heavy atom. The molecule has 0 radical (unpaired) electrons. The van der Waals surface area contributed by atoms with Crippen LogP contribution in [0.5, 0.6) is 5.75 Å². The van der Waals surface area contributed by atoms with Crippen LogP contribution in [0, 0.1) is 0 Å². The van der Waals surface area contributed by atoms with Gasteiger partial charge in [-0.3, -0.25) is 14.5 Å². The Labute approximate surface area is 129 Å². The number of carbonyl (C=O) groups is 2. The van der Waals surface area contributed by atoms with Gasteiger partial charge in [0, 0.05) is 26.2 Å². The lowest BCUT2D eigenvalue weighted by molar-refractivity contribution is -0.141. The molecule has 0 unspecified atom stereocenters. The molecule has 1 aromatic rings. The Morgan fingerprint density at radius 2 is 1.91 bits per heavy atom. The summed E-state index contributed by atoms with van der Waals surface area (Å²) in [5, 5.41) is 12.4. The van der Waals surface area contributed by atoms with Crippen molar-refractivity contribution in [3.8, 4) is 5.75 Å². The minimum absolute atomic E-state index is 0.104. The molecule has 0 spiro atoms. The monoisotopic (exact) mass is 307 g/mol. The third-order valence-electron chi connectivity index (χ3n) is 3.62. The summed E-state index contributed by atoms with van der Waals surface area (Å²) in [4.78, 5) is 26.8. The molecule has 1 amide bonds. The fourth-order valence-electron chi connectivity index (χ4n) is 2.38. The number of rotatable bonds is 5. The third kappa shape index (κ3) is 4.36. The van der Waals surface area contributed by atoms with Crippen molar-refractivity contribution < 1.29 is 19.4 Å². The van der Waals surface area contributed by atoms with Gasteiger partial charge in [-0.05, 0) is 12.1 Å². The smallest absolute Gasteiger partial charge is 0.325 e. The Bertz CT molecular complexity index is 527. The van der Waals surface area contributed by atoms with Gasteiger partial charge in [-0.1, -0.05) is 12.1 Å². The number of phenolic OH excluding ortho intramolecular Hbond substituents is 1. The minimum atomic E-state index is -0.460. The molecular weight excluding hydrogens is 286 g/mol. The lowest BCUT2D eigenvalue weighted by atomic mass is 10.2. The molecule has 2 N–H and O–H groups in total. The van der Waals surface area contributed by atoms with Crippen LogP contribution in [0.25, 0.3) is 0 Å². The molecule has 1 aliphatic heterocycles. The average Bonchev–Trinajstić information content (AvgIpc) is 2.54. The number of hydrogen-bond acceptors (Lipinski definition) is 6. The molecule has 0 atom stereocenters. The highest BCUT2D eigenvalue weighted by atomic mass is 16.5. The van der Waals surface area contributed by atoms with Crippen LogP contribution < -0.4 is 10.2 Å². The highest BCUT2D eigenvalue weighted by molar-refractivity contribution is 5.83. The van der Waals surface area contributed by atoms with Gasteiger partial charge < -0.3 is 20.1 Å². The Balaban J connectivity index is 1.76. The van der Waals surface area contributed by atoms with Crippen molar-refractivity contribution in [1.82, 2.24) is 10.2 Å². The minimum Gasteiger partial charge on any atom is -0.506 e. The summed E-state index contributed by atoms with van der Waals surface area (Å²) in [6.45, 7) is 3.07. The number of amides is 1. The zero-order valence-electron chi connectivity index (χ0n) is 12.6. The fourth-order valence-corrected chi connectivity index (χ4v) is 2.38. The zero-order chi connectivity index (χ0) is 15.9. The lowest BCUT2D eigenvalue weighted by Gasteiger charge is -2.35. The summed E-state index contributed by atoms with van der Waals surface area (Å²) < 4.78 is 4.47. The van der Waals surface area contributed by atoms with Crippen molar-refractivity contribution >= 4 is 17.6 Å². The van der Waals surface area contributed by atoms with E-state index in [4.69, 9.17) is 0 Å². The molecule has 22 heavy (non-hydrogen) atoms. The first-order chi connectivity index (χ1) is 10.6. The van der Waals surface area contributed by atoms with Crippen molar-refractivity contribution in [2.75, 3.05) is 51.3 Å². The molecule has 1 heterocycles. The normalized spacial score (nSPS) is 15.4. The van der Waals surface area contributed by atoms with Gasteiger partial charge in [0.2, 0.25) is 5.91 Å². The predicted molar refractivity (Wildman–Crippen MR) is 81.8 cm³/mol. The molecule has 1 aliphatic rings. The van der Waals surface area contributed by atoms with Crippen LogP contribution in [0.1, 0.15) is 0 Å². The topological polar surface area (TPSA) is 82.1 Å². The fraction of sp³-hybridized carbons (Fsp3) is 0.467. The van der Waals surface area contributed by atoms with Gasteiger partial charge in [-0.25, -0.2) is 0 Å². The number of nitrogens with one attached hydrogen (secondary N) is 1. The molecule has 1 saturated heterocycles. The van der Waals surface area contributed by atoms with Gasteiger partial charge >= 0.3 is 5.97 Å². The molecule has 7 nitrogen and oxygen atoms in total. The van der Waals surface area contributed by atoms with Crippen LogP contribution in [0.2, 0.25) is 0 Å². The van der Waals surface area contributed by atoms with Crippen LogP contribution in [-0.2, 0) is 14.3 Å². The van der Waals surface area contributed by atoms with Crippen molar-refractivity contribution in [3.63, 3.8) is 0 Å². The number of aromatic hydroxyl groups is 1. The Hall–Kier alpha value is -2.28. The first-order valence-corrected chi connectivity index (χ1v) is 7.19. The Morgan fingerprint density at radius 3 is 2.55 bits per heavy atom. The summed E-state index contributed by atoms with van der Waals surface area (Å²) in [7, 11) is 1.28. The number of esters is 1. The van der Waals surface area contributed by atoms with E-state index in [2.05, 4.69) is 15.0 Å². The van der Waals surface area contributed by atoms with Gasteiger partial charge in [-0.2, -0.15) is 0 Å². The van der Waals surface area contributed by atoms with E-state index >= 15 is 0 Å². The number of ether oxygens (including phenoxy) is 1. The maximum atomic E-state index is 11.7. The summed E-state index contributed by atoms with van der Waals surface area (Å²) in [5.41, 5.74) is 0.817. The van der Waals surface area contributed by atoms with Gasteiger partial charge in [0.15, 0.2) is 0 Å². The van der Waals surface area contributed by atoms with E-state index < -0.39 is 5.97 Å². The molecule has 7 heteroatoms. The SMILES string of the molecule is COC(=O)CNC(=O)CN1CCN(c2ccccc2O)CC1. The molecule has 1 fully saturated rings. The molecule has 0 aromatic heterocycles. The van der Waals surface area contributed by atoms with E-state index in [1.54, 1.807) is 12.1 Å². The van der Waals surface area contributed by atoms with E-state index in [1.807, 2.05) is 17.0 Å². The largest absolute Gasteiger partial charge is 0.506 e. The number of phenols is 1. The molecule has 0 aliphatic carbocycles. The number of carbonyl (C=O) groups excluding carboxylic acids is 2. The van der Waals surface area contributed by atoms with Crippen molar-refractivity contribution in [2.45, 2.75) is 0 Å². The number of nitrogens with zero attached hydrogens (tertiary/aromatic N) is 2. The molecule has 2 rings (SSSR count). The first kappa shape index (κ1) is 16.1. The summed E-state index contributed by atoms with van der Waals surface area (Å²) in [5.74, 6) is -0.383. The Kier molecular flexibility index (Phi) is 5.60.